The Morgan fingerprint density at radius 2 is 2.00 bits per heavy atom. The zero-order valence-electron chi connectivity index (χ0n) is 7.99. The largest absolute Gasteiger partial charge is 0.382 e. The molecule has 0 radical (unpaired) electrons. The summed E-state index contributed by atoms with van der Waals surface area (Å²) in [4.78, 5) is 8.57. The van der Waals surface area contributed by atoms with Crippen LogP contribution in [-0.4, -0.2) is 9.97 Å². The van der Waals surface area contributed by atoms with Gasteiger partial charge in [-0.25, -0.2) is 9.97 Å². The molecule has 4 heteroatoms. The summed E-state index contributed by atoms with van der Waals surface area (Å²) < 4.78 is 0. The van der Waals surface area contributed by atoms with E-state index in [1.54, 1.807) is 0 Å². The maximum absolute atomic E-state index is 5.67. The number of nitrogens with zero attached hydrogens (tertiary/aromatic N) is 2. The molecule has 0 amide bonds. The van der Waals surface area contributed by atoms with Crippen molar-refractivity contribution in [1.29, 1.82) is 0 Å². The second-order valence-corrected chi connectivity index (χ2v) is 3.22. The fourth-order valence-electron chi connectivity index (χ4n) is 1.33. The van der Waals surface area contributed by atoms with Gasteiger partial charge in [-0.15, -0.1) is 0 Å². The summed E-state index contributed by atoms with van der Waals surface area (Å²) in [5, 5.41) is 0. The molecule has 0 atom stereocenters. The van der Waals surface area contributed by atoms with E-state index in [-0.39, 0.29) is 0 Å². The molecule has 0 unspecified atom stereocenters. The van der Waals surface area contributed by atoms with Crippen LogP contribution in [0.15, 0.2) is 18.2 Å². The van der Waals surface area contributed by atoms with Crippen molar-refractivity contribution in [2.24, 2.45) is 5.73 Å². The lowest BCUT2D eigenvalue weighted by molar-refractivity contribution is 1.07. The molecule has 4 nitrogen and oxygen atoms in total. The van der Waals surface area contributed by atoms with E-state index in [4.69, 9.17) is 11.5 Å². The summed E-state index contributed by atoms with van der Waals surface area (Å²) in [6.45, 7) is 2.35. The number of fused-ring (bicyclic) bond motifs is 1. The van der Waals surface area contributed by atoms with Crippen molar-refractivity contribution in [1.82, 2.24) is 9.97 Å². The summed E-state index contributed by atoms with van der Waals surface area (Å²) >= 11 is 0. The number of aromatic nitrogens is 2. The van der Waals surface area contributed by atoms with Crippen LogP contribution in [-0.2, 0) is 6.54 Å². The van der Waals surface area contributed by atoms with Crippen LogP contribution in [0.3, 0.4) is 0 Å². The third-order valence-electron chi connectivity index (χ3n) is 2.18. The van der Waals surface area contributed by atoms with E-state index >= 15 is 0 Å². The molecule has 0 aliphatic carbocycles. The van der Waals surface area contributed by atoms with Gasteiger partial charge in [-0.3, -0.25) is 0 Å². The molecular formula is C10H12N4. The monoisotopic (exact) mass is 188 g/mol. The average molecular weight is 188 g/mol. The summed E-state index contributed by atoms with van der Waals surface area (Å²) in [6.07, 6.45) is 0. The molecule has 0 aliphatic rings. The molecule has 2 aromatic rings. The Bertz CT molecular complexity index is 479. The quantitative estimate of drug-likeness (QED) is 0.699. The number of hydrogen-bond acceptors (Lipinski definition) is 4. The molecule has 4 N–H and O–H groups in total. The molecule has 0 saturated carbocycles. The normalized spacial score (nSPS) is 10.7. The number of anilines is 1. The topological polar surface area (TPSA) is 77.8 Å². The molecule has 1 aromatic heterocycles. The highest BCUT2D eigenvalue weighted by Gasteiger charge is 2.01. The molecule has 0 fully saturated rings. The Morgan fingerprint density at radius 1 is 1.21 bits per heavy atom. The summed E-state index contributed by atoms with van der Waals surface area (Å²) in [5.74, 6) is 0.478. The second kappa shape index (κ2) is 3.23. The molecule has 0 bridgehead atoms. The first-order valence-corrected chi connectivity index (χ1v) is 4.43. The first kappa shape index (κ1) is 8.90. The molecule has 0 saturated heterocycles. The zero-order valence-corrected chi connectivity index (χ0v) is 7.99. The first-order valence-electron chi connectivity index (χ1n) is 4.43. The van der Waals surface area contributed by atoms with Crippen molar-refractivity contribution >= 4 is 16.9 Å². The van der Waals surface area contributed by atoms with Gasteiger partial charge in [0.05, 0.1) is 16.7 Å². The summed E-state index contributed by atoms with van der Waals surface area (Å²) in [5.41, 5.74) is 14.7. The van der Waals surface area contributed by atoms with E-state index in [2.05, 4.69) is 9.97 Å². The Kier molecular flexibility index (Phi) is 2.05. The van der Waals surface area contributed by atoms with Gasteiger partial charge >= 0.3 is 0 Å². The van der Waals surface area contributed by atoms with Crippen LogP contribution in [0.2, 0.25) is 0 Å². The van der Waals surface area contributed by atoms with Crippen LogP contribution in [0.4, 0.5) is 5.82 Å². The molecule has 72 valence electrons. The van der Waals surface area contributed by atoms with Crippen molar-refractivity contribution in [3.63, 3.8) is 0 Å². The van der Waals surface area contributed by atoms with E-state index in [0.29, 0.717) is 12.4 Å². The van der Waals surface area contributed by atoms with Gasteiger partial charge in [0.1, 0.15) is 5.82 Å². The van der Waals surface area contributed by atoms with Crippen molar-refractivity contribution in [3.05, 3.63) is 29.5 Å². The molecule has 0 aliphatic heterocycles. The number of benzene rings is 1. The number of hydrogen-bond donors (Lipinski definition) is 2. The highest BCUT2D eigenvalue weighted by molar-refractivity contribution is 5.76. The third-order valence-corrected chi connectivity index (χ3v) is 2.18. The highest BCUT2D eigenvalue weighted by atomic mass is 14.9. The SMILES string of the molecule is Cc1nc2ccc(CN)cc2nc1N. The van der Waals surface area contributed by atoms with Crippen LogP contribution < -0.4 is 11.5 Å². The standard InChI is InChI=1S/C10H12N4/c1-6-10(12)14-9-4-7(5-11)2-3-8(9)13-6/h2-4H,5,11H2,1H3,(H2,12,14). The Balaban J connectivity index is 2.70. The van der Waals surface area contributed by atoms with Gasteiger partial charge in [0.15, 0.2) is 0 Å². The third kappa shape index (κ3) is 1.40. The lowest BCUT2D eigenvalue weighted by Crippen LogP contribution is -2.00. The molecule has 0 spiro atoms. The minimum atomic E-state index is 0.478. The van der Waals surface area contributed by atoms with Gasteiger partial charge in [-0.2, -0.15) is 0 Å². The fraction of sp³-hybridized carbons (Fsp3) is 0.200. The predicted molar refractivity (Wildman–Crippen MR) is 56.6 cm³/mol. The van der Waals surface area contributed by atoms with E-state index in [0.717, 1.165) is 22.3 Å². The number of nitrogen functional groups attached to an aromatic ring is 1. The number of aryl methyl sites for hydroxylation is 1. The summed E-state index contributed by atoms with van der Waals surface area (Å²) in [6, 6.07) is 5.78. The van der Waals surface area contributed by atoms with Crippen molar-refractivity contribution in [3.8, 4) is 0 Å². The molecule has 2 rings (SSSR count). The van der Waals surface area contributed by atoms with E-state index in [1.807, 2.05) is 25.1 Å². The van der Waals surface area contributed by atoms with Crippen molar-refractivity contribution < 1.29 is 0 Å². The summed E-state index contributed by atoms with van der Waals surface area (Å²) in [7, 11) is 0. The predicted octanol–water partition coefficient (Wildman–Crippen LogP) is 0.979. The maximum atomic E-state index is 5.67. The Labute approximate surface area is 82.0 Å². The van der Waals surface area contributed by atoms with E-state index < -0.39 is 0 Å². The fourth-order valence-corrected chi connectivity index (χ4v) is 1.33. The molecule has 1 aromatic carbocycles. The molecule has 14 heavy (non-hydrogen) atoms. The Hall–Kier alpha value is -1.68. The molecular weight excluding hydrogens is 176 g/mol. The van der Waals surface area contributed by atoms with Crippen LogP contribution in [0, 0.1) is 6.92 Å². The van der Waals surface area contributed by atoms with E-state index in [1.165, 1.54) is 0 Å². The van der Waals surface area contributed by atoms with Gasteiger partial charge in [-0.1, -0.05) is 6.07 Å². The minimum absolute atomic E-state index is 0.478. The van der Waals surface area contributed by atoms with Crippen molar-refractivity contribution in [2.75, 3.05) is 5.73 Å². The average Bonchev–Trinajstić information content (AvgIpc) is 2.19. The number of rotatable bonds is 1. The highest BCUT2D eigenvalue weighted by Crippen LogP contribution is 2.15. The van der Waals surface area contributed by atoms with Crippen molar-refractivity contribution in [2.45, 2.75) is 13.5 Å². The van der Waals surface area contributed by atoms with Gasteiger partial charge in [0, 0.05) is 6.54 Å². The van der Waals surface area contributed by atoms with Gasteiger partial charge in [-0.05, 0) is 24.6 Å². The van der Waals surface area contributed by atoms with Crippen LogP contribution >= 0.6 is 0 Å². The second-order valence-electron chi connectivity index (χ2n) is 3.22. The minimum Gasteiger partial charge on any atom is -0.382 e. The maximum Gasteiger partial charge on any atom is 0.145 e. The van der Waals surface area contributed by atoms with Crippen LogP contribution in [0.5, 0.6) is 0 Å². The van der Waals surface area contributed by atoms with Gasteiger partial charge < -0.3 is 11.5 Å². The molecule has 1 heterocycles. The smallest absolute Gasteiger partial charge is 0.145 e. The first-order chi connectivity index (χ1) is 6.70. The zero-order chi connectivity index (χ0) is 10.1. The van der Waals surface area contributed by atoms with Gasteiger partial charge in [0.25, 0.3) is 0 Å². The van der Waals surface area contributed by atoms with Crippen LogP contribution in [0.25, 0.3) is 11.0 Å². The van der Waals surface area contributed by atoms with Crippen LogP contribution in [0.1, 0.15) is 11.3 Å². The Morgan fingerprint density at radius 3 is 2.71 bits per heavy atom. The van der Waals surface area contributed by atoms with Gasteiger partial charge in [0.2, 0.25) is 0 Å². The van der Waals surface area contributed by atoms with E-state index in [9.17, 15) is 0 Å². The lowest BCUT2D eigenvalue weighted by Gasteiger charge is -2.03. The number of nitrogens with two attached hydrogens (primary N) is 2. The lowest BCUT2D eigenvalue weighted by atomic mass is 10.2.